The van der Waals surface area contributed by atoms with Gasteiger partial charge >= 0.3 is 0 Å². The van der Waals surface area contributed by atoms with Gasteiger partial charge in [-0.15, -0.1) is 13.7 Å². The molecule has 0 radical (unpaired) electrons. The second-order valence-corrected chi connectivity index (χ2v) is 5.78. The molecule has 0 spiro atoms. The Bertz CT molecular complexity index is 416. The molecule has 1 aromatic carbocycles. The van der Waals surface area contributed by atoms with Gasteiger partial charge in [-0.05, 0) is 36.7 Å². The van der Waals surface area contributed by atoms with Crippen LogP contribution < -0.4 is 14.6 Å². The number of aryl methyl sites for hydroxylation is 1. The monoisotopic (exact) mass is 267 g/mol. The first-order valence-corrected chi connectivity index (χ1v) is 6.97. The molecule has 0 aromatic heterocycles. The highest BCUT2D eigenvalue weighted by Crippen LogP contribution is 2.32. The number of benzene rings is 1. The second-order valence-electron chi connectivity index (χ2n) is 4.24. The van der Waals surface area contributed by atoms with Crippen molar-refractivity contribution in [2.45, 2.75) is 32.9 Å². The number of methoxy groups -OCH3 is 2. The van der Waals surface area contributed by atoms with Crippen LogP contribution in [-0.2, 0) is 0 Å². The molecule has 1 atom stereocenters. The van der Waals surface area contributed by atoms with E-state index in [0.717, 1.165) is 20.2 Å². The van der Waals surface area contributed by atoms with Crippen LogP contribution in [0.5, 0.6) is 11.5 Å². The normalized spacial score (nSPS) is 13.3. The summed E-state index contributed by atoms with van der Waals surface area (Å²) in [6.07, 6.45) is 0.976. The fourth-order valence-electron chi connectivity index (χ4n) is 1.61. The highest BCUT2D eigenvalue weighted by Gasteiger charge is 2.11. The molecular weight excluding hydrogens is 247 g/mol. The number of hydrogen-bond donors (Lipinski definition) is 0. The van der Waals surface area contributed by atoms with Crippen molar-refractivity contribution >= 4 is 13.7 Å². The minimum Gasteiger partial charge on any atom is -0.823 e. The summed E-state index contributed by atoms with van der Waals surface area (Å²) in [5.41, 5.74) is 1.96. The largest absolute Gasteiger partial charge is 0.823 e. The molecule has 1 rings (SSSR count). The van der Waals surface area contributed by atoms with Crippen LogP contribution in [0.4, 0.5) is 0 Å². The van der Waals surface area contributed by atoms with Gasteiger partial charge in [-0.1, -0.05) is 13.8 Å². The number of hydrogen-bond acceptors (Lipinski definition) is 3. The molecule has 0 N–H and O–H groups in total. The van der Waals surface area contributed by atoms with Crippen molar-refractivity contribution < 1.29 is 14.6 Å². The van der Waals surface area contributed by atoms with E-state index in [1.165, 1.54) is 0 Å². The van der Waals surface area contributed by atoms with Gasteiger partial charge in [-0.3, -0.25) is 0 Å². The minimum absolute atomic E-state index is 0.0538. The minimum atomic E-state index is 0.0538. The zero-order valence-electron chi connectivity index (χ0n) is 11.6. The molecule has 3 nitrogen and oxygen atoms in total. The first kappa shape index (κ1) is 15.0. The number of rotatable bonds is 5. The summed E-state index contributed by atoms with van der Waals surface area (Å²) in [4.78, 5) is 0. The van der Waals surface area contributed by atoms with Crippen LogP contribution in [0.25, 0.3) is 0 Å². The first-order valence-electron chi connectivity index (χ1n) is 6.01. The quantitative estimate of drug-likeness (QED) is 0.770. The van der Waals surface area contributed by atoms with Crippen LogP contribution in [0.3, 0.4) is 0 Å². The van der Waals surface area contributed by atoms with Gasteiger partial charge in [0.25, 0.3) is 0 Å². The average Bonchev–Trinajstić information content (AvgIpc) is 2.36. The third kappa shape index (κ3) is 3.47. The van der Waals surface area contributed by atoms with Crippen LogP contribution in [-0.4, -0.2) is 25.4 Å². The fourth-order valence-corrected chi connectivity index (χ4v) is 2.54. The van der Waals surface area contributed by atoms with E-state index in [-0.39, 0.29) is 5.48 Å². The van der Waals surface area contributed by atoms with Crippen LogP contribution in [0.2, 0.25) is 0 Å². The Hall–Kier alpha value is -1.05. The third-order valence-electron chi connectivity index (χ3n) is 2.79. The van der Waals surface area contributed by atoms with E-state index in [1.807, 2.05) is 19.1 Å². The van der Waals surface area contributed by atoms with E-state index in [0.29, 0.717) is 22.7 Å². The predicted octanol–water partition coefficient (Wildman–Crippen LogP) is 2.60. The summed E-state index contributed by atoms with van der Waals surface area (Å²) in [6, 6.07) is 3.73. The average molecular weight is 267 g/mol. The summed E-state index contributed by atoms with van der Waals surface area (Å²) in [5.74, 6) is 1.18. The van der Waals surface area contributed by atoms with E-state index in [1.54, 1.807) is 14.2 Å². The molecule has 0 saturated heterocycles. The van der Waals surface area contributed by atoms with Crippen molar-refractivity contribution in [1.82, 2.24) is 0 Å². The summed E-state index contributed by atoms with van der Waals surface area (Å²) in [5, 5.41) is 12.3. The third-order valence-corrected chi connectivity index (χ3v) is 4.06. The molecule has 0 saturated carbocycles. The van der Waals surface area contributed by atoms with Gasteiger partial charge in [-0.25, -0.2) is 0 Å². The van der Waals surface area contributed by atoms with Crippen molar-refractivity contribution in [3.63, 3.8) is 0 Å². The highest BCUT2D eigenvalue weighted by atomic mass is 31.1. The van der Waals surface area contributed by atoms with Gasteiger partial charge in [-0.2, -0.15) is 0 Å². The van der Waals surface area contributed by atoms with E-state index >= 15 is 0 Å². The topological polar surface area (TPSA) is 41.5 Å². The lowest BCUT2D eigenvalue weighted by molar-refractivity contribution is -0.207. The Morgan fingerprint density at radius 3 is 2.17 bits per heavy atom. The smallest absolute Gasteiger partial charge is 0.129 e. The van der Waals surface area contributed by atoms with Crippen molar-refractivity contribution in [1.29, 1.82) is 0 Å². The van der Waals surface area contributed by atoms with Gasteiger partial charge in [0.05, 0.1) is 14.2 Å². The summed E-state index contributed by atoms with van der Waals surface area (Å²) >= 11 is 0. The Labute approximate surface area is 111 Å². The Morgan fingerprint density at radius 1 is 1.28 bits per heavy atom. The molecule has 4 heteroatoms. The Morgan fingerprint density at radius 2 is 1.78 bits per heavy atom. The molecule has 0 bridgehead atoms. The highest BCUT2D eigenvalue weighted by molar-refractivity contribution is 7.41. The van der Waals surface area contributed by atoms with Crippen LogP contribution in [0.1, 0.15) is 31.4 Å². The molecule has 0 aliphatic heterocycles. The van der Waals surface area contributed by atoms with Crippen LogP contribution in [0.15, 0.2) is 12.1 Å². The summed E-state index contributed by atoms with van der Waals surface area (Å²) in [6.45, 7) is 6.09. The standard InChI is InChI=1S/C14H21O3P/c1-6-10(3)18-14(15)13-11(16-4)7-9(2)8-12(13)17-5/h7-8,10,15H,6H2,1-5H3/p-1. The molecule has 0 amide bonds. The van der Waals surface area contributed by atoms with E-state index in [9.17, 15) is 5.11 Å². The van der Waals surface area contributed by atoms with Crippen molar-refractivity contribution in [3.05, 3.63) is 23.3 Å². The van der Waals surface area contributed by atoms with Gasteiger partial charge in [0.15, 0.2) is 0 Å². The van der Waals surface area contributed by atoms with Crippen LogP contribution >= 0.6 is 8.20 Å². The fraction of sp³-hybridized carbons (Fsp3) is 0.500. The van der Waals surface area contributed by atoms with E-state index < -0.39 is 0 Å². The molecule has 1 aromatic rings. The lowest BCUT2D eigenvalue weighted by Crippen LogP contribution is -2.19. The zero-order valence-corrected chi connectivity index (χ0v) is 12.5. The van der Waals surface area contributed by atoms with Gasteiger partial charge in [0, 0.05) is 5.56 Å². The SMILES string of the molecule is CCC(C)P=C([O-])c1c(OC)cc(C)cc1OC. The molecule has 0 aliphatic rings. The molecule has 100 valence electrons. The summed E-state index contributed by atoms with van der Waals surface area (Å²) < 4.78 is 10.6. The van der Waals surface area contributed by atoms with E-state index in [4.69, 9.17) is 9.47 Å². The van der Waals surface area contributed by atoms with Crippen LogP contribution in [0, 0.1) is 6.92 Å². The molecule has 0 fully saturated rings. The zero-order chi connectivity index (χ0) is 13.7. The van der Waals surface area contributed by atoms with Crippen molar-refractivity contribution in [2.24, 2.45) is 0 Å². The second kappa shape index (κ2) is 6.77. The lowest BCUT2D eigenvalue weighted by atomic mass is 10.1. The Kier molecular flexibility index (Phi) is 5.64. The maximum absolute atomic E-state index is 12.3. The van der Waals surface area contributed by atoms with Gasteiger partial charge in [0.2, 0.25) is 0 Å². The van der Waals surface area contributed by atoms with Gasteiger partial charge in [0.1, 0.15) is 11.5 Å². The first-order chi connectivity index (χ1) is 8.53. The molecular formula is C14H20O3P-. The number of ether oxygens (including phenoxy) is 2. The predicted molar refractivity (Wildman–Crippen MR) is 75.1 cm³/mol. The molecule has 1 unspecified atom stereocenters. The maximum Gasteiger partial charge on any atom is 0.129 e. The maximum atomic E-state index is 12.3. The lowest BCUT2D eigenvalue weighted by Gasteiger charge is -2.21. The molecule has 0 heterocycles. The van der Waals surface area contributed by atoms with Crippen molar-refractivity contribution in [3.8, 4) is 11.5 Å². The van der Waals surface area contributed by atoms with Crippen molar-refractivity contribution in [2.75, 3.05) is 14.2 Å². The molecule has 18 heavy (non-hydrogen) atoms. The van der Waals surface area contributed by atoms with E-state index in [2.05, 4.69) is 13.8 Å². The molecule has 0 aliphatic carbocycles. The summed E-state index contributed by atoms with van der Waals surface area (Å²) in [7, 11) is 3.94. The Balaban J connectivity index is 3.32. The van der Waals surface area contributed by atoms with Gasteiger partial charge < -0.3 is 14.6 Å².